The van der Waals surface area contributed by atoms with Gasteiger partial charge in [-0.3, -0.25) is 0 Å². The van der Waals surface area contributed by atoms with Crippen LogP contribution < -0.4 is 5.32 Å². The van der Waals surface area contributed by atoms with E-state index in [-0.39, 0.29) is 6.04 Å². The summed E-state index contributed by atoms with van der Waals surface area (Å²) in [4.78, 5) is 0. The van der Waals surface area contributed by atoms with Crippen molar-refractivity contribution in [2.45, 2.75) is 25.2 Å². The Hall–Kier alpha value is -0.550. The molecule has 1 heterocycles. The van der Waals surface area contributed by atoms with Crippen LogP contribution in [0.15, 0.2) is 24.3 Å². The summed E-state index contributed by atoms with van der Waals surface area (Å²) in [5.41, 5.74) is 1.86. The minimum Gasteiger partial charge on any atom is -0.388 e. The van der Waals surface area contributed by atoms with Gasteiger partial charge in [0.25, 0.3) is 0 Å². The number of fused-ring (bicyclic) bond motifs is 1. The first-order chi connectivity index (χ1) is 8.62. The highest BCUT2D eigenvalue weighted by molar-refractivity contribution is 7.98. The molecule has 2 rings (SSSR count). The summed E-state index contributed by atoms with van der Waals surface area (Å²) in [5, 5.41) is 13.6. The Morgan fingerprint density at radius 1 is 1.50 bits per heavy atom. The van der Waals surface area contributed by atoms with Gasteiger partial charge in [0.05, 0.1) is 24.9 Å². The van der Waals surface area contributed by atoms with E-state index in [0.29, 0.717) is 19.8 Å². The fraction of sp³-hybridized carbons (Fsp3) is 0.571. The molecule has 1 aromatic carbocycles. The van der Waals surface area contributed by atoms with Crippen molar-refractivity contribution in [3.8, 4) is 0 Å². The van der Waals surface area contributed by atoms with Crippen molar-refractivity contribution in [2.75, 3.05) is 25.2 Å². The van der Waals surface area contributed by atoms with Gasteiger partial charge in [0, 0.05) is 12.3 Å². The minimum absolute atomic E-state index is 0.184. The number of ether oxygens (including phenoxy) is 1. The quantitative estimate of drug-likeness (QED) is 0.856. The predicted molar refractivity (Wildman–Crippen MR) is 75.8 cm³/mol. The van der Waals surface area contributed by atoms with E-state index in [1.54, 1.807) is 11.8 Å². The lowest BCUT2D eigenvalue weighted by molar-refractivity contribution is 0.0550. The molecule has 0 amide bonds. The lowest BCUT2D eigenvalue weighted by Crippen LogP contribution is -2.43. The van der Waals surface area contributed by atoms with Crippen LogP contribution in [0.3, 0.4) is 0 Å². The number of hydrogen-bond donors (Lipinski definition) is 2. The predicted octanol–water partition coefficient (Wildman–Crippen LogP) is 1.96. The molecule has 4 heteroatoms. The molecule has 0 saturated carbocycles. The van der Waals surface area contributed by atoms with Crippen LogP contribution in [0.25, 0.3) is 0 Å². The first kappa shape index (κ1) is 13.9. The molecule has 0 bridgehead atoms. The molecule has 0 saturated heterocycles. The number of thioether (sulfide) groups is 1. The Bertz CT molecular complexity index is 395. The van der Waals surface area contributed by atoms with Gasteiger partial charge in [-0.05, 0) is 24.3 Å². The largest absolute Gasteiger partial charge is 0.388 e. The van der Waals surface area contributed by atoms with Crippen LogP contribution in [-0.2, 0) is 11.3 Å². The van der Waals surface area contributed by atoms with Crippen molar-refractivity contribution in [1.82, 2.24) is 5.32 Å². The van der Waals surface area contributed by atoms with Crippen LogP contribution in [0.5, 0.6) is 0 Å². The standard InChI is InChI=1S/C14H21NO2S/c1-14(16,10-18-2)9-15-13-8-17-7-11-5-3-4-6-12(11)13/h3-6,13,15-16H,7-10H2,1-2H3. The molecule has 100 valence electrons. The molecular formula is C14H21NO2S. The maximum Gasteiger partial charge on any atom is 0.0833 e. The van der Waals surface area contributed by atoms with Crippen molar-refractivity contribution < 1.29 is 9.84 Å². The van der Waals surface area contributed by atoms with Gasteiger partial charge in [0.1, 0.15) is 0 Å². The zero-order valence-electron chi connectivity index (χ0n) is 11.0. The first-order valence-electron chi connectivity index (χ1n) is 6.23. The SMILES string of the molecule is CSCC(C)(O)CNC1COCc2ccccc21. The third kappa shape index (κ3) is 3.48. The summed E-state index contributed by atoms with van der Waals surface area (Å²) in [5.74, 6) is 0.731. The van der Waals surface area contributed by atoms with Gasteiger partial charge in [-0.1, -0.05) is 24.3 Å². The van der Waals surface area contributed by atoms with Gasteiger partial charge in [0.15, 0.2) is 0 Å². The molecule has 3 nitrogen and oxygen atoms in total. The summed E-state index contributed by atoms with van der Waals surface area (Å²) in [7, 11) is 0. The summed E-state index contributed by atoms with van der Waals surface area (Å²) in [6.07, 6.45) is 2.01. The summed E-state index contributed by atoms with van der Waals surface area (Å²) >= 11 is 1.66. The molecule has 0 spiro atoms. The van der Waals surface area contributed by atoms with E-state index < -0.39 is 5.60 Å². The van der Waals surface area contributed by atoms with Crippen LogP contribution in [0, 0.1) is 0 Å². The van der Waals surface area contributed by atoms with Gasteiger partial charge in [-0.25, -0.2) is 0 Å². The normalized spacial score (nSPS) is 22.3. The third-order valence-corrected chi connectivity index (χ3v) is 4.07. The Morgan fingerprint density at radius 2 is 2.28 bits per heavy atom. The second-order valence-corrected chi connectivity index (χ2v) is 5.94. The molecule has 0 aliphatic carbocycles. The summed E-state index contributed by atoms with van der Waals surface area (Å²) < 4.78 is 5.58. The molecule has 2 atom stereocenters. The fourth-order valence-corrected chi connectivity index (χ4v) is 2.98. The summed E-state index contributed by atoms with van der Waals surface area (Å²) in [6, 6.07) is 8.51. The van der Waals surface area contributed by atoms with Gasteiger partial charge < -0.3 is 15.2 Å². The second kappa shape index (κ2) is 6.06. The van der Waals surface area contributed by atoms with Crippen molar-refractivity contribution in [3.05, 3.63) is 35.4 Å². The minimum atomic E-state index is -0.675. The van der Waals surface area contributed by atoms with Crippen LogP contribution in [-0.4, -0.2) is 35.9 Å². The topological polar surface area (TPSA) is 41.5 Å². The van der Waals surface area contributed by atoms with E-state index in [2.05, 4.69) is 23.5 Å². The van der Waals surface area contributed by atoms with Gasteiger partial charge in [-0.15, -0.1) is 0 Å². The Kier molecular flexibility index (Phi) is 4.67. The van der Waals surface area contributed by atoms with E-state index in [9.17, 15) is 5.11 Å². The molecule has 0 aromatic heterocycles. The van der Waals surface area contributed by atoms with Crippen LogP contribution in [0.1, 0.15) is 24.1 Å². The van der Waals surface area contributed by atoms with Crippen molar-refractivity contribution in [1.29, 1.82) is 0 Å². The Balaban J connectivity index is 1.99. The molecule has 0 radical (unpaired) electrons. The molecule has 0 fully saturated rings. The maximum absolute atomic E-state index is 10.2. The molecule has 1 aliphatic heterocycles. The molecular weight excluding hydrogens is 246 g/mol. The highest BCUT2D eigenvalue weighted by atomic mass is 32.2. The Morgan fingerprint density at radius 3 is 3.06 bits per heavy atom. The molecule has 1 aliphatic rings. The number of rotatable bonds is 5. The Labute approximate surface area is 113 Å². The van der Waals surface area contributed by atoms with Gasteiger partial charge in [-0.2, -0.15) is 11.8 Å². The zero-order chi connectivity index (χ0) is 13.0. The molecule has 18 heavy (non-hydrogen) atoms. The fourth-order valence-electron chi connectivity index (χ4n) is 2.26. The van der Waals surface area contributed by atoms with E-state index in [1.165, 1.54) is 11.1 Å². The van der Waals surface area contributed by atoms with E-state index in [4.69, 9.17) is 4.74 Å². The zero-order valence-corrected chi connectivity index (χ0v) is 11.8. The van der Waals surface area contributed by atoms with E-state index >= 15 is 0 Å². The number of benzene rings is 1. The highest BCUT2D eigenvalue weighted by Gasteiger charge is 2.24. The average molecular weight is 267 g/mol. The molecule has 1 aromatic rings. The van der Waals surface area contributed by atoms with Crippen molar-refractivity contribution >= 4 is 11.8 Å². The van der Waals surface area contributed by atoms with Crippen LogP contribution >= 0.6 is 11.8 Å². The van der Waals surface area contributed by atoms with Gasteiger partial charge in [0.2, 0.25) is 0 Å². The second-order valence-electron chi connectivity index (χ2n) is 5.08. The highest BCUT2D eigenvalue weighted by Crippen LogP contribution is 2.24. The third-order valence-electron chi connectivity index (χ3n) is 3.16. The van der Waals surface area contributed by atoms with E-state index in [0.717, 1.165) is 5.75 Å². The van der Waals surface area contributed by atoms with Crippen LogP contribution in [0.2, 0.25) is 0 Å². The number of nitrogens with one attached hydrogen (secondary N) is 1. The molecule has 2 N–H and O–H groups in total. The average Bonchev–Trinajstić information content (AvgIpc) is 2.36. The smallest absolute Gasteiger partial charge is 0.0833 e. The number of hydrogen-bond acceptors (Lipinski definition) is 4. The van der Waals surface area contributed by atoms with Crippen molar-refractivity contribution in [2.24, 2.45) is 0 Å². The lowest BCUT2D eigenvalue weighted by Gasteiger charge is -2.30. The monoisotopic (exact) mass is 267 g/mol. The van der Waals surface area contributed by atoms with Gasteiger partial charge >= 0.3 is 0 Å². The first-order valence-corrected chi connectivity index (χ1v) is 7.62. The maximum atomic E-state index is 10.2. The summed E-state index contributed by atoms with van der Waals surface area (Å²) in [6.45, 7) is 3.81. The van der Waals surface area contributed by atoms with E-state index in [1.807, 2.05) is 19.2 Å². The number of aliphatic hydroxyl groups is 1. The lowest BCUT2D eigenvalue weighted by atomic mass is 9.98. The van der Waals surface area contributed by atoms with Crippen molar-refractivity contribution in [3.63, 3.8) is 0 Å². The van der Waals surface area contributed by atoms with Crippen LogP contribution in [0.4, 0.5) is 0 Å². The molecule has 2 unspecified atom stereocenters.